The van der Waals surface area contributed by atoms with Crippen LogP contribution in [-0.4, -0.2) is 28.6 Å². The summed E-state index contributed by atoms with van der Waals surface area (Å²) >= 11 is 0. The maximum atomic E-state index is 12.7. The van der Waals surface area contributed by atoms with E-state index in [0.717, 1.165) is 0 Å². The lowest BCUT2D eigenvalue weighted by atomic mass is 10.0. The van der Waals surface area contributed by atoms with Gasteiger partial charge >= 0.3 is 11.6 Å². The first-order chi connectivity index (χ1) is 13.2. The number of aromatic amines is 1. The van der Waals surface area contributed by atoms with Gasteiger partial charge in [-0.2, -0.15) is 0 Å². The van der Waals surface area contributed by atoms with Crippen LogP contribution in [0.4, 0.5) is 0 Å². The van der Waals surface area contributed by atoms with E-state index in [1.54, 1.807) is 38.1 Å². The molecule has 0 radical (unpaired) electrons. The molecule has 1 atom stereocenters. The van der Waals surface area contributed by atoms with E-state index in [9.17, 15) is 19.2 Å². The topological polar surface area (TPSA) is 106 Å². The maximum absolute atomic E-state index is 12.7. The molecule has 144 valence electrons. The average Bonchev–Trinajstić information content (AvgIpc) is 2.94. The van der Waals surface area contributed by atoms with Crippen molar-refractivity contribution in [2.75, 3.05) is 0 Å². The van der Waals surface area contributed by atoms with Crippen LogP contribution in [0.2, 0.25) is 0 Å². The first-order valence-electron chi connectivity index (χ1n) is 8.69. The largest absolute Gasteiger partial charge is 0.450 e. The first kappa shape index (κ1) is 19.3. The number of H-pyrrole nitrogens is 1. The summed E-state index contributed by atoms with van der Waals surface area (Å²) in [5.41, 5.74) is 0.939. The number of carbonyl (C=O) groups excluding carboxylic acids is 3. The number of para-hydroxylation sites is 1. The third kappa shape index (κ3) is 3.38. The summed E-state index contributed by atoms with van der Waals surface area (Å²) in [4.78, 5) is 51.8. The average molecular weight is 381 g/mol. The van der Waals surface area contributed by atoms with Gasteiger partial charge in [-0.1, -0.05) is 18.2 Å². The molecule has 0 aliphatic rings. The minimum Gasteiger partial charge on any atom is -0.450 e. The molecule has 0 fully saturated rings. The van der Waals surface area contributed by atoms with Gasteiger partial charge < -0.3 is 14.1 Å². The highest BCUT2D eigenvalue weighted by molar-refractivity contribution is 6.05. The van der Waals surface area contributed by atoms with Crippen LogP contribution in [0.5, 0.6) is 0 Å². The molecule has 7 heteroatoms. The molecule has 0 bridgehead atoms. The second-order valence-corrected chi connectivity index (χ2v) is 6.58. The van der Waals surface area contributed by atoms with E-state index in [2.05, 4.69) is 4.98 Å². The second kappa shape index (κ2) is 7.26. The van der Waals surface area contributed by atoms with Crippen molar-refractivity contribution < 1.29 is 23.5 Å². The maximum Gasteiger partial charge on any atom is 0.351 e. The number of rotatable bonds is 5. The molecule has 0 spiro atoms. The quantitative estimate of drug-likeness (QED) is 0.413. The molecule has 0 saturated carbocycles. The molecule has 2 aromatic heterocycles. The molecule has 0 aliphatic heterocycles. The molecule has 0 amide bonds. The van der Waals surface area contributed by atoms with Crippen molar-refractivity contribution in [2.24, 2.45) is 0 Å². The number of carbonyl (C=O) groups is 3. The van der Waals surface area contributed by atoms with Gasteiger partial charge in [0.15, 0.2) is 11.9 Å². The van der Waals surface area contributed by atoms with Crippen LogP contribution in [0.25, 0.3) is 11.0 Å². The van der Waals surface area contributed by atoms with Gasteiger partial charge in [-0.15, -0.1) is 0 Å². The molecule has 0 saturated heterocycles. The fraction of sp³-hybridized carbons (Fsp3) is 0.238. The van der Waals surface area contributed by atoms with Gasteiger partial charge in [0.25, 0.3) is 0 Å². The Balaban J connectivity index is 1.86. The third-order valence-electron chi connectivity index (χ3n) is 4.55. The summed E-state index contributed by atoms with van der Waals surface area (Å²) in [5.74, 6) is -1.61. The molecule has 2 heterocycles. The summed E-state index contributed by atoms with van der Waals surface area (Å²) in [6, 6.07) is 8.13. The minimum absolute atomic E-state index is 0.163. The van der Waals surface area contributed by atoms with Crippen LogP contribution < -0.4 is 5.63 Å². The Morgan fingerprint density at radius 3 is 2.46 bits per heavy atom. The van der Waals surface area contributed by atoms with Crippen LogP contribution in [0, 0.1) is 13.8 Å². The van der Waals surface area contributed by atoms with Crippen LogP contribution in [0.15, 0.2) is 39.5 Å². The highest BCUT2D eigenvalue weighted by Crippen LogP contribution is 2.21. The Kier molecular flexibility index (Phi) is 5.00. The summed E-state index contributed by atoms with van der Waals surface area (Å²) in [6.45, 7) is 6.17. The van der Waals surface area contributed by atoms with Gasteiger partial charge in [-0.05, 0) is 45.4 Å². The normalized spacial score (nSPS) is 12.0. The summed E-state index contributed by atoms with van der Waals surface area (Å²) in [5, 5.41) is 0.565. The number of aryl methyl sites for hydroxylation is 1. The zero-order chi connectivity index (χ0) is 20.6. The molecule has 7 nitrogen and oxygen atoms in total. The van der Waals surface area contributed by atoms with Crippen molar-refractivity contribution in [3.05, 3.63) is 68.8 Å². The van der Waals surface area contributed by atoms with Crippen molar-refractivity contribution in [1.29, 1.82) is 0 Å². The van der Waals surface area contributed by atoms with E-state index in [4.69, 9.17) is 9.15 Å². The molecule has 3 rings (SSSR count). The van der Waals surface area contributed by atoms with E-state index in [0.29, 0.717) is 27.8 Å². The van der Waals surface area contributed by atoms with E-state index in [1.165, 1.54) is 19.9 Å². The predicted molar refractivity (Wildman–Crippen MR) is 102 cm³/mol. The van der Waals surface area contributed by atoms with Crippen LogP contribution in [0.3, 0.4) is 0 Å². The number of aromatic nitrogens is 1. The summed E-state index contributed by atoms with van der Waals surface area (Å²) < 4.78 is 10.3. The number of Topliss-reactive ketones (excluding diaryl/α,β-unsaturated/α-hetero) is 2. The first-order valence-corrected chi connectivity index (χ1v) is 8.69. The minimum atomic E-state index is -1.16. The molecular weight excluding hydrogens is 362 g/mol. The summed E-state index contributed by atoms with van der Waals surface area (Å²) in [7, 11) is 0. The molecule has 3 aromatic rings. The Morgan fingerprint density at radius 1 is 1.14 bits per heavy atom. The van der Waals surface area contributed by atoms with Crippen molar-refractivity contribution in [2.45, 2.75) is 33.8 Å². The van der Waals surface area contributed by atoms with Crippen LogP contribution in [0.1, 0.15) is 56.3 Å². The van der Waals surface area contributed by atoms with Gasteiger partial charge in [0.05, 0.1) is 5.69 Å². The molecule has 0 aliphatic carbocycles. The Morgan fingerprint density at radius 2 is 1.82 bits per heavy atom. The molecule has 1 aromatic carbocycles. The second-order valence-electron chi connectivity index (χ2n) is 6.58. The smallest absolute Gasteiger partial charge is 0.351 e. The van der Waals surface area contributed by atoms with Crippen molar-refractivity contribution in [3.8, 4) is 0 Å². The lowest BCUT2D eigenvalue weighted by Crippen LogP contribution is -2.27. The highest BCUT2D eigenvalue weighted by Gasteiger charge is 2.27. The lowest BCUT2D eigenvalue weighted by molar-refractivity contribution is 0.0313. The van der Waals surface area contributed by atoms with Crippen molar-refractivity contribution in [3.63, 3.8) is 0 Å². The predicted octanol–water partition coefficient (Wildman–Crippen LogP) is 3.37. The third-order valence-corrected chi connectivity index (χ3v) is 4.55. The van der Waals surface area contributed by atoms with E-state index in [1.807, 2.05) is 0 Å². The fourth-order valence-electron chi connectivity index (χ4n) is 3.21. The lowest BCUT2D eigenvalue weighted by Gasteiger charge is -2.12. The standard InChI is InChI=1S/C21H19NO6/c1-10-17(12(3)23)11(2)22-18(10)19(24)13(4)27-20(25)15-9-14-7-5-6-8-16(14)28-21(15)26/h5-9,13,22H,1-4H3/t13-/m1/s1. The number of fused-ring (bicyclic) bond motifs is 1. The fourth-order valence-corrected chi connectivity index (χ4v) is 3.21. The summed E-state index contributed by atoms with van der Waals surface area (Å²) in [6.07, 6.45) is -1.16. The SMILES string of the molecule is CC(=O)c1c(C)[nH]c(C(=O)[C@@H](C)OC(=O)c2cc3ccccc3oc2=O)c1C. The number of ether oxygens (including phenoxy) is 1. The van der Waals surface area contributed by atoms with Gasteiger partial charge in [0, 0.05) is 16.6 Å². The van der Waals surface area contributed by atoms with Crippen LogP contribution >= 0.6 is 0 Å². The number of ketones is 2. The van der Waals surface area contributed by atoms with Crippen LogP contribution in [-0.2, 0) is 4.74 Å². The van der Waals surface area contributed by atoms with Gasteiger partial charge in [0.1, 0.15) is 11.1 Å². The zero-order valence-corrected chi connectivity index (χ0v) is 15.9. The monoisotopic (exact) mass is 381 g/mol. The number of benzene rings is 1. The molecular formula is C21H19NO6. The zero-order valence-electron chi connectivity index (χ0n) is 15.9. The Bertz CT molecular complexity index is 1170. The Hall–Kier alpha value is -3.48. The molecule has 0 unspecified atom stereocenters. The number of esters is 1. The highest BCUT2D eigenvalue weighted by atomic mass is 16.5. The molecule has 28 heavy (non-hydrogen) atoms. The number of nitrogens with one attached hydrogen (secondary N) is 1. The number of hydrogen-bond donors (Lipinski definition) is 1. The van der Waals surface area contributed by atoms with E-state index < -0.39 is 23.5 Å². The molecule has 1 N–H and O–H groups in total. The van der Waals surface area contributed by atoms with Crippen molar-refractivity contribution >= 4 is 28.5 Å². The Labute approximate surface area is 160 Å². The van der Waals surface area contributed by atoms with E-state index in [-0.39, 0.29) is 17.0 Å². The van der Waals surface area contributed by atoms with Gasteiger partial charge in [0.2, 0.25) is 5.78 Å². The number of hydrogen-bond acceptors (Lipinski definition) is 6. The van der Waals surface area contributed by atoms with Gasteiger partial charge in [-0.25, -0.2) is 9.59 Å². The van der Waals surface area contributed by atoms with Gasteiger partial charge in [-0.3, -0.25) is 9.59 Å². The van der Waals surface area contributed by atoms with E-state index >= 15 is 0 Å². The van der Waals surface area contributed by atoms with Crippen molar-refractivity contribution in [1.82, 2.24) is 4.98 Å².